The smallest absolute Gasteiger partial charge is 0.259 e. The molecule has 0 fully saturated rings. The SMILES string of the molecule is O=C(CNC(=O)c1ccc(Cl)c(Cl)c1)N/N=C/c1c2ccccc2cc2ccccc12. The van der Waals surface area contributed by atoms with Crippen LogP contribution in [0.25, 0.3) is 21.5 Å². The number of fused-ring (bicyclic) bond motifs is 2. The third kappa shape index (κ3) is 4.68. The Morgan fingerprint density at radius 3 is 2.13 bits per heavy atom. The number of nitrogens with zero attached hydrogens (tertiary/aromatic N) is 1. The third-order valence-corrected chi connectivity index (χ3v) is 5.53. The predicted octanol–water partition coefficient (Wildman–Crippen LogP) is 5.18. The Bertz CT molecular complexity index is 1280. The van der Waals surface area contributed by atoms with Gasteiger partial charge in [0.2, 0.25) is 0 Å². The number of carbonyl (C=O) groups is 2. The standard InChI is InChI=1S/C24H17Cl2N3O2/c25-21-10-9-17(12-22(21)26)24(31)27-14-23(30)29-28-13-20-18-7-3-1-5-15(18)11-16-6-2-4-8-19(16)20/h1-13H,14H2,(H,27,31)(H,29,30)/b28-13+. The number of hydrogen-bond acceptors (Lipinski definition) is 3. The van der Waals surface area contributed by atoms with E-state index in [4.69, 9.17) is 23.2 Å². The predicted molar refractivity (Wildman–Crippen MR) is 126 cm³/mol. The zero-order valence-corrected chi connectivity index (χ0v) is 17.7. The second kappa shape index (κ2) is 9.16. The van der Waals surface area contributed by atoms with Crippen LogP contribution < -0.4 is 10.7 Å². The van der Waals surface area contributed by atoms with Crippen LogP contribution >= 0.6 is 23.2 Å². The molecule has 4 aromatic carbocycles. The van der Waals surface area contributed by atoms with Gasteiger partial charge in [0.15, 0.2) is 0 Å². The molecule has 0 aliphatic carbocycles. The van der Waals surface area contributed by atoms with Crippen molar-refractivity contribution < 1.29 is 9.59 Å². The van der Waals surface area contributed by atoms with Gasteiger partial charge in [-0.2, -0.15) is 5.10 Å². The number of hydrazone groups is 1. The van der Waals surface area contributed by atoms with E-state index in [2.05, 4.69) is 21.9 Å². The van der Waals surface area contributed by atoms with E-state index >= 15 is 0 Å². The highest BCUT2D eigenvalue weighted by molar-refractivity contribution is 6.42. The number of nitrogens with one attached hydrogen (secondary N) is 2. The first-order valence-corrected chi connectivity index (χ1v) is 10.2. The van der Waals surface area contributed by atoms with E-state index in [-0.39, 0.29) is 11.6 Å². The number of rotatable bonds is 5. The molecule has 0 radical (unpaired) electrons. The van der Waals surface area contributed by atoms with Crippen molar-refractivity contribution in [2.24, 2.45) is 5.10 Å². The molecule has 5 nitrogen and oxygen atoms in total. The van der Waals surface area contributed by atoms with Crippen molar-refractivity contribution in [1.82, 2.24) is 10.7 Å². The van der Waals surface area contributed by atoms with Gasteiger partial charge in [0.05, 0.1) is 22.8 Å². The Labute approximate surface area is 188 Å². The zero-order chi connectivity index (χ0) is 21.8. The van der Waals surface area contributed by atoms with E-state index in [9.17, 15) is 9.59 Å². The van der Waals surface area contributed by atoms with Crippen molar-refractivity contribution in [2.45, 2.75) is 0 Å². The molecule has 0 saturated carbocycles. The summed E-state index contributed by atoms with van der Waals surface area (Å²) in [5, 5.41) is 11.5. The molecule has 0 saturated heterocycles. The van der Waals surface area contributed by atoms with E-state index in [0.717, 1.165) is 27.1 Å². The van der Waals surface area contributed by atoms with Crippen LogP contribution in [0.4, 0.5) is 0 Å². The fourth-order valence-electron chi connectivity index (χ4n) is 3.30. The molecule has 2 amide bonds. The fourth-order valence-corrected chi connectivity index (χ4v) is 3.59. The normalized spacial score (nSPS) is 11.2. The Morgan fingerprint density at radius 2 is 1.48 bits per heavy atom. The topological polar surface area (TPSA) is 70.6 Å². The fraction of sp³-hybridized carbons (Fsp3) is 0.0417. The molecule has 31 heavy (non-hydrogen) atoms. The van der Waals surface area contributed by atoms with Gasteiger partial charge < -0.3 is 5.32 Å². The van der Waals surface area contributed by atoms with Crippen molar-refractivity contribution >= 4 is 62.8 Å². The Hall–Kier alpha value is -3.41. The Morgan fingerprint density at radius 1 is 0.839 bits per heavy atom. The molecule has 0 aliphatic heterocycles. The molecule has 0 spiro atoms. The van der Waals surface area contributed by atoms with E-state index < -0.39 is 11.8 Å². The number of benzene rings is 4. The minimum atomic E-state index is -0.450. The highest BCUT2D eigenvalue weighted by Gasteiger charge is 2.10. The molecule has 7 heteroatoms. The summed E-state index contributed by atoms with van der Waals surface area (Å²) in [6.45, 7) is -0.229. The van der Waals surface area contributed by atoms with Crippen molar-refractivity contribution in [3.8, 4) is 0 Å². The van der Waals surface area contributed by atoms with E-state index in [1.807, 2.05) is 48.5 Å². The largest absolute Gasteiger partial charge is 0.343 e. The van der Waals surface area contributed by atoms with E-state index in [0.29, 0.717) is 10.6 Å². The highest BCUT2D eigenvalue weighted by atomic mass is 35.5. The maximum atomic E-state index is 12.2. The third-order valence-electron chi connectivity index (χ3n) is 4.79. The van der Waals surface area contributed by atoms with Crippen LogP contribution in [0.1, 0.15) is 15.9 Å². The van der Waals surface area contributed by atoms with Crippen LogP contribution in [0.15, 0.2) is 77.9 Å². The molecular weight excluding hydrogens is 433 g/mol. The minimum Gasteiger partial charge on any atom is -0.343 e. The Kier molecular flexibility index (Phi) is 6.16. The maximum absolute atomic E-state index is 12.2. The van der Waals surface area contributed by atoms with Gasteiger partial charge in [0.1, 0.15) is 0 Å². The molecule has 0 heterocycles. The van der Waals surface area contributed by atoms with Gasteiger partial charge >= 0.3 is 0 Å². The van der Waals surface area contributed by atoms with Crippen molar-refractivity contribution in [1.29, 1.82) is 0 Å². The quantitative estimate of drug-likeness (QED) is 0.250. The molecule has 0 bridgehead atoms. The lowest BCUT2D eigenvalue weighted by Crippen LogP contribution is -2.34. The summed E-state index contributed by atoms with van der Waals surface area (Å²) in [4.78, 5) is 24.3. The van der Waals surface area contributed by atoms with Crippen molar-refractivity contribution in [3.05, 3.63) is 94.0 Å². The van der Waals surface area contributed by atoms with Crippen LogP contribution in [0, 0.1) is 0 Å². The van der Waals surface area contributed by atoms with Gasteiger partial charge in [-0.05, 0) is 45.8 Å². The zero-order valence-electron chi connectivity index (χ0n) is 16.2. The monoisotopic (exact) mass is 449 g/mol. The number of halogens is 2. The summed E-state index contributed by atoms with van der Waals surface area (Å²) in [6, 6.07) is 22.6. The highest BCUT2D eigenvalue weighted by Crippen LogP contribution is 2.27. The summed E-state index contributed by atoms with van der Waals surface area (Å²) >= 11 is 11.8. The lowest BCUT2D eigenvalue weighted by Gasteiger charge is -2.08. The molecule has 0 atom stereocenters. The number of hydrogen-bond donors (Lipinski definition) is 2. The van der Waals surface area contributed by atoms with E-state index in [1.165, 1.54) is 18.2 Å². The van der Waals surface area contributed by atoms with Crippen LogP contribution in [-0.2, 0) is 4.79 Å². The molecule has 2 N–H and O–H groups in total. The Balaban J connectivity index is 1.46. The summed E-state index contributed by atoms with van der Waals surface area (Å²) in [5.41, 5.74) is 3.68. The first-order chi connectivity index (χ1) is 15.0. The summed E-state index contributed by atoms with van der Waals surface area (Å²) in [6.07, 6.45) is 1.63. The second-order valence-electron chi connectivity index (χ2n) is 6.84. The average Bonchev–Trinajstić information content (AvgIpc) is 2.78. The summed E-state index contributed by atoms with van der Waals surface area (Å²) in [7, 11) is 0. The molecule has 154 valence electrons. The van der Waals surface area contributed by atoms with Gasteiger partial charge in [-0.3, -0.25) is 9.59 Å². The first-order valence-electron chi connectivity index (χ1n) is 9.48. The van der Waals surface area contributed by atoms with Crippen LogP contribution in [0.3, 0.4) is 0 Å². The molecular formula is C24H17Cl2N3O2. The minimum absolute atomic E-state index is 0.229. The van der Waals surface area contributed by atoms with Crippen molar-refractivity contribution in [2.75, 3.05) is 6.54 Å². The van der Waals surface area contributed by atoms with Gasteiger partial charge in [0, 0.05) is 11.1 Å². The maximum Gasteiger partial charge on any atom is 0.259 e. The lowest BCUT2D eigenvalue weighted by molar-refractivity contribution is -0.120. The van der Waals surface area contributed by atoms with Crippen molar-refractivity contribution in [3.63, 3.8) is 0 Å². The van der Waals surface area contributed by atoms with Gasteiger partial charge in [-0.1, -0.05) is 71.7 Å². The molecule has 0 unspecified atom stereocenters. The summed E-state index contributed by atoms with van der Waals surface area (Å²) < 4.78 is 0. The summed E-state index contributed by atoms with van der Waals surface area (Å²) in [5.74, 6) is -0.882. The number of amides is 2. The van der Waals surface area contributed by atoms with Gasteiger partial charge in [-0.15, -0.1) is 0 Å². The first kappa shape index (κ1) is 20.8. The molecule has 0 aromatic heterocycles. The molecule has 4 aromatic rings. The molecule has 0 aliphatic rings. The average molecular weight is 450 g/mol. The van der Waals surface area contributed by atoms with Crippen LogP contribution in [-0.4, -0.2) is 24.6 Å². The molecule has 4 rings (SSSR count). The van der Waals surface area contributed by atoms with Gasteiger partial charge in [0.25, 0.3) is 11.8 Å². The van der Waals surface area contributed by atoms with Crippen LogP contribution in [0.2, 0.25) is 10.0 Å². The second-order valence-corrected chi connectivity index (χ2v) is 7.65. The van der Waals surface area contributed by atoms with Gasteiger partial charge in [-0.25, -0.2) is 5.43 Å². The number of carbonyl (C=O) groups excluding carboxylic acids is 2. The van der Waals surface area contributed by atoms with Crippen LogP contribution in [0.5, 0.6) is 0 Å². The van der Waals surface area contributed by atoms with E-state index in [1.54, 1.807) is 6.21 Å². The lowest BCUT2D eigenvalue weighted by atomic mass is 9.97.